The van der Waals surface area contributed by atoms with Crippen LogP contribution in [0.5, 0.6) is 0 Å². The molecule has 3 heterocycles. The standard InChI is InChI=1S/C21H34O4/c1-4-17(5-2)9-10-18(22)19(3)14-15-21(24-19)13-8-12-20(25-21)11-6-7-16-23-20/h4,8,12,18,22H,5-7,9-11,13-16H2,1-3H3/b17-4+/t18-,19-,20-,21-/m0/s1. The van der Waals surface area contributed by atoms with Crippen molar-refractivity contribution in [2.45, 2.75) is 102 Å². The largest absolute Gasteiger partial charge is 0.390 e. The van der Waals surface area contributed by atoms with Crippen molar-refractivity contribution < 1.29 is 19.3 Å². The molecule has 2 fully saturated rings. The van der Waals surface area contributed by atoms with Crippen LogP contribution in [0.2, 0.25) is 0 Å². The van der Waals surface area contributed by atoms with E-state index in [9.17, 15) is 5.11 Å². The fourth-order valence-corrected chi connectivity index (χ4v) is 4.38. The molecule has 0 unspecified atom stereocenters. The third kappa shape index (κ3) is 4.02. The van der Waals surface area contributed by atoms with Crippen LogP contribution in [-0.2, 0) is 14.2 Å². The normalized spacial score (nSPS) is 40.1. The van der Waals surface area contributed by atoms with E-state index in [0.717, 1.165) is 64.4 Å². The molecule has 0 radical (unpaired) electrons. The highest BCUT2D eigenvalue weighted by atomic mass is 16.8. The van der Waals surface area contributed by atoms with Gasteiger partial charge in [-0.3, -0.25) is 0 Å². The molecule has 3 aliphatic heterocycles. The summed E-state index contributed by atoms with van der Waals surface area (Å²) in [5.41, 5.74) is 0.843. The summed E-state index contributed by atoms with van der Waals surface area (Å²) < 4.78 is 18.8. The molecule has 4 nitrogen and oxygen atoms in total. The molecular weight excluding hydrogens is 316 g/mol. The van der Waals surface area contributed by atoms with Crippen LogP contribution in [0, 0.1) is 0 Å². The minimum atomic E-state index is -0.643. The summed E-state index contributed by atoms with van der Waals surface area (Å²) in [5.74, 6) is -1.26. The fourth-order valence-electron chi connectivity index (χ4n) is 4.38. The molecule has 0 bridgehead atoms. The molecule has 0 saturated carbocycles. The molecule has 0 aromatic heterocycles. The first-order chi connectivity index (χ1) is 11.9. The van der Waals surface area contributed by atoms with Gasteiger partial charge in [0, 0.05) is 19.3 Å². The first-order valence-corrected chi connectivity index (χ1v) is 9.99. The zero-order valence-corrected chi connectivity index (χ0v) is 16.1. The number of aliphatic hydroxyl groups excluding tert-OH is 1. The highest BCUT2D eigenvalue weighted by Gasteiger charge is 2.55. The minimum absolute atomic E-state index is 0.480. The Balaban J connectivity index is 1.64. The summed E-state index contributed by atoms with van der Waals surface area (Å²) in [6.07, 6.45) is 14.0. The highest BCUT2D eigenvalue weighted by Crippen LogP contribution is 2.49. The van der Waals surface area contributed by atoms with E-state index in [-0.39, 0.29) is 0 Å². The van der Waals surface area contributed by atoms with Crippen LogP contribution >= 0.6 is 0 Å². The quantitative estimate of drug-likeness (QED) is 0.735. The Bertz CT molecular complexity index is 520. The van der Waals surface area contributed by atoms with Gasteiger partial charge in [0.2, 0.25) is 0 Å². The Morgan fingerprint density at radius 2 is 2.08 bits per heavy atom. The third-order valence-electron chi connectivity index (χ3n) is 6.15. The van der Waals surface area contributed by atoms with Gasteiger partial charge < -0.3 is 19.3 Å². The number of ether oxygens (including phenoxy) is 3. The predicted molar refractivity (Wildman–Crippen MR) is 98.1 cm³/mol. The first-order valence-electron chi connectivity index (χ1n) is 9.99. The zero-order valence-electron chi connectivity index (χ0n) is 16.1. The molecule has 4 atom stereocenters. The van der Waals surface area contributed by atoms with E-state index in [4.69, 9.17) is 14.2 Å². The van der Waals surface area contributed by atoms with Crippen molar-refractivity contribution in [3.8, 4) is 0 Å². The van der Waals surface area contributed by atoms with Gasteiger partial charge in [-0.2, -0.15) is 0 Å². The number of allylic oxidation sites excluding steroid dienone is 2. The van der Waals surface area contributed by atoms with Crippen LogP contribution in [0.4, 0.5) is 0 Å². The fraction of sp³-hybridized carbons (Fsp3) is 0.810. The van der Waals surface area contributed by atoms with Crippen molar-refractivity contribution >= 4 is 0 Å². The zero-order chi connectivity index (χ0) is 18.0. The van der Waals surface area contributed by atoms with E-state index < -0.39 is 23.3 Å². The molecular formula is C21H34O4. The smallest absolute Gasteiger partial charge is 0.191 e. The summed E-state index contributed by atoms with van der Waals surface area (Å²) >= 11 is 0. The van der Waals surface area contributed by atoms with Crippen molar-refractivity contribution in [3.63, 3.8) is 0 Å². The average molecular weight is 350 g/mol. The second-order valence-electron chi connectivity index (χ2n) is 8.01. The Morgan fingerprint density at radius 1 is 1.24 bits per heavy atom. The molecule has 3 rings (SSSR count). The molecule has 0 amide bonds. The molecule has 25 heavy (non-hydrogen) atoms. The maximum absolute atomic E-state index is 10.8. The molecule has 3 aliphatic rings. The van der Waals surface area contributed by atoms with E-state index in [1.807, 2.05) is 6.92 Å². The summed E-state index contributed by atoms with van der Waals surface area (Å²) in [7, 11) is 0. The van der Waals surface area contributed by atoms with Crippen LogP contribution in [-0.4, -0.2) is 35.0 Å². The summed E-state index contributed by atoms with van der Waals surface area (Å²) in [4.78, 5) is 0. The van der Waals surface area contributed by atoms with Crippen LogP contribution in [0.1, 0.15) is 78.6 Å². The summed E-state index contributed by atoms with van der Waals surface area (Å²) in [6, 6.07) is 0. The van der Waals surface area contributed by atoms with Crippen LogP contribution in [0.25, 0.3) is 0 Å². The molecule has 2 spiro atoms. The third-order valence-corrected chi connectivity index (χ3v) is 6.15. The Kier molecular flexibility index (Phi) is 5.74. The Labute approximate surface area is 152 Å². The number of rotatable bonds is 5. The second-order valence-corrected chi connectivity index (χ2v) is 8.01. The van der Waals surface area contributed by atoms with Gasteiger partial charge in [-0.15, -0.1) is 0 Å². The summed E-state index contributed by atoms with van der Waals surface area (Å²) in [6.45, 7) is 7.00. The van der Waals surface area contributed by atoms with Crippen molar-refractivity contribution in [2.24, 2.45) is 0 Å². The topological polar surface area (TPSA) is 47.9 Å². The predicted octanol–water partition coefficient (Wildman–Crippen LogP) is 4.62. The van der Waals surface area contributed by atoms with Gasteiger partial charge in [0.1, 0.15) is 0 Å². The van der Waals surface area contributed by atoms with Crippen molar-refractivity contribution in [2.75, 3.05) is 6.61 Å². The van der Waals surface area contributed by atoms with Gasteiger partial charge in [-0.1, -0.05) is 24.6 Å². The van der Waals surface area contributed by atoms with Crippen molar-refractivity contribution in [3.05, 3.63) is 23.8 Å². The molecule has 0 aliphatic carbocycles. The van der Waals surface area contributed by atoms with Gasteiger partial charge in [0.25, 0.3) is 0 Å². The number of hydrogen-bond acceptors (Lipinski definition) is 4. The van der Waals surface area contributed by atoms with E-state index in [2.05, 4.69) is 32.1 Å². The highest BCUT2D eigenvalue weighted by molar-refractivity contribution is 5.09. The molecule has 1 N–H and O–H groups in total. The average Bonchev–Trinajstić information content (AvgIpc) is 2.93. The van der Waals surface area contributed by atoms with Crippen LogP contribution in [0.15, 0.2) is 23.8 Å². The molecule has 0 aromatic carbocycles. The lowest BCUT2D eigenvalue weighted by Gasteiger charge is -2.45. The van der Waals surface area contributed by atoms with Gasteiger partial charge in [-0.25, -0.2) is 0 Å². The molecule has 2 saturated heterocycles. The van der Waals surface area contributed by atoms with Crippen molar-refractivity contribution in [1.82, 2.24) is 0 Å². The van der Waals surface area contributed by atoms with Crippen LogP contribution < -0.4 is 0 Å². The van der Waals surface area contributed by atoms with Gasteiger partial charge in [-0.05, 0) is 58.4 Å². The molecule has 142 valence electrons. The SMILES string of the molecule is C/C=C(\CC)CC[C@H](O)[C@]1(C)CC[C@@]2(CC=C[C@]3(CCCCO3)O2)O1. The Morgan fingerprint density at radius 3 is 2.76 bits per heavy atom. The lowest BCUT2D eigenvalue weighted by molar-refractivity contribution is -0.361. The van der Waals surface area contributed by atoms with E-state index in [0.29, 0.717) is 0 Å². The maximum Gasteiger partial charge on any atom is 0.191 e. The van der Waals surface area contributed by atoms with Crippen molar-refractivity contribution in [1.29, 1.82) is 0 Å². The van der Waals surface area contributed by atoms with Gasteiger partial charge >= 0.3 is 0 Å². The number of hydrogen-bond donors (Lipinski definition) is 1. The minimum Gasteiger partial charge on any atom is -0.390 e. The lowest BCUT2D eigenvalue weighted by Crippen LogP contribution is -2.51. The Hall–Kier alpha value is -0.680. The molecule has 0 aromatic rings. The first kappa shape index (κ1) is 19.1. The van der Waals surface area contributed by atoms with E-state index in [1.54, 1.807) is 0 Å². The van der Waals surface area contributed by atoms with Gasteiger partial charge in [0.05, 0.1) is 18.3 Å². The van der Waals surface area contributed by atoms with Gasteiger partial charge in [0.15, 0.2) is 11.6 Å². The van der Waals surface area contributed by atoms with Crippen LogP contribution in [0.3, 0.4) is 0 Å². The monoisotopic (exact) mass is 350 g/mol. The second kappa shape index (κ2) is 7.51. The molecule has 4 heteroatoms. The summed E-state index contributed by atoms with van der Waals surface area (Å²) in [5, 5.41) is 10.8. The van der Waals surface area contributed by atoms with E-state index >= 15 is 0 Å². The van der Waals surface area contributed by atoms with E-state index in [1.165, 1.54) is 5.57 Å². The lowest BCUT2D eigenvalue weighted by atomic mass is 9.90. The number of aliphatic hydroxyl groups is 1. The maximum atomic E-state index is 10.8.